The third kappa shape index (κ3) is 14.1. The molecular weight excluding hydrogens is 555 g/mol. The molecule has 0 radical (unpaired) electrons. The van der Waals surface area contributed by atoms with Gasteiger partial charge in [-0.3, -0.25) is 9.59 Å². The number of carbonyl (C=O) groups excluding carboxylic acids is 2. The third-order valence-corrected chi connectivity index (χ3v) is 8.12. The largest absolute Gasteiger partial charge is 0.490 e. The van der Waals surface area contributed by atoms with Gasteiger partial charge in [0.1, 0.15) is 11.6 Å². The molecule has 1 amide bonds. The Hall–Kier alpha value is -2.41. The van der Waals surface area contributed by atoms with Crippen molar-refractivity contribution < 1.29 is 23.5 Å². The highest BCUT2D eigenvalue weighted by Gasteiger charge is 2.28. The summed E-state index contributed by atoms with van der Waals surface area (Å²) in [6.07, 6.45) is 10.3. The van der Waals surface area contributed by atoms with Gasteiger partial charge in [0.05, 0.1) is 24.9 Å². The fourth-order valence-electron chi connectivity index (χ4n) is 5.62. The van der Waals surface area contributed by atoms with Crippen LogP contribution < -0.4 is 4.74 Å². The lowest BCUT2D eigenvalue weighted by atomic mass is 10.0. The van der Waals surface area contributed by atoms with E-state index in [1.165, 1.54) is 29.8 Å². The van der Waals surface area contributed by atoms with Crippen LogP contribution in [-0.4, -0.2) is 66.5 Å². The number of likely N-dealkylation sites (N-methyl/N-ethyl adjacent to an activating group) is 1. The highest BCUT2D eigenvalue weighted by molar-refractivity contribution is 5.83. The van der Waals surface area contributed by atoms with Crippen LogP contribution in [0.25, 0.3) is 0 Å². The first-order valence-electron chi connectivity index (χ1n) is 17.2. The van der Waals surface area contributed by atoms with E-state index < -0.39 is 0 Å². The number of allylic oxidation sites excluding steroid dienone is 1. The molecule has 1 aromatic rings. The van der Waals surface area contributed by atoms with Crippen LogP contribution in [0.2, 0.25) is 0 Å². The number of amides is 1. The van der Waals surface area contributed by atoms with E-state index in [-0.39, 0.29) is 41.7 Å². The van der Waals surface area contributed by atoms with Crippen LogP contribution in [0.15, 0.2) is 29.5 Å². The van der Waals surface area contributed by atoms with Crippen molar-refractivity contribution in [3.05, 3.63) is 40.8 Å². The first-order valence-corrected chi connectivity index (χ1v) is 17.2. The van der Waals surface area contributed by atoms with E-state index >= 15 is 0 Å². The second-order valence-corrected chi connectivity index (χ2v) is 12.7. The minimum atomic E-state index is -0.229. The number of benzene rings is 1. The Morgan fingerprint density at radius 2 is 1.64 bits per heavy atom. The number of Topliss-reactive ketones (excluding diaryl/α,β-unsaturated/α-hetero) is 1. The van der Waals surface area contributed by atoms with E-state index in [1.54, 1.807) is 6.07 Å². The van der Waals surface area contributed by atoms with Gasteiger partial charge in [-0.05, 0) is 76.5 Å². The number of hydrogen-bond acceptors (Lipinski definition) is 5. The van der Waals surface area contributed by atoms with E-state index in [1.807, 2.05) is 46.6 Å². The minimum absolute atomic E-state index is 0.0977. The van der Waals surface area contributed by atoms with Crippen molar-refractivity contribution in [2.24, 2.45) is 5.92 Å². The number of ether oxygens (including phenoxy) is 2. The van der Waals surface area contributed by atoms with Gasteiger partial charge in [0.2, 0.25) is 5.91 Å². The number of rotatable bonds is 13. The molecule has 3 atom stereocenters. The molecule has 7 heteroatoms. The summed E-state index contributed by atoms with van der Waals surface area (Å²) < 4.78 is 24.7. The van der Waals surface area contributed by atoms with Crippen LogP contribution in [0.3, 0.4) is 0 Å². The number of halogens is 1. The zero-order chi connectivity index (χ0) is 33.2. The molecule has 44 heavy (non-hydrogen) atoms. The van der Waals surface area contributed by atoms with Crippen LogP contribution in [0.5, 0.6) is 5.75 Å². The number of hydrogen-bond donors (Lipinski definition) is 0. The smallest absolute Gasteiger partial charge is 0.226 e. The van der Waals surface area contributed by atoms with Crippen LogP contribution in [0.4, 0.5) is 4.39 Å². The van der Waals surface area contributed by atoms with Crippen LogP contribution in [-0.2, 0) is 14.3 Å². The second-order valence-electron chi connectivity index (χ2n) is 12.7. The molecule has 0 N–H and O–H groups in total. The molecule has 1 aliphatic carbocycles. The van der Waals surface area contributed by atoms with Crippen molar-refractivity contribution in [2.45, 2.75) is 145 Å². The lowest BCUT2D eigenvalue weighted by Gasteiger charge is -2.35. The topological polar surface area (TPSA) is 59.1 Å². The van der Waals surface area contributed by atoms with Gasteiger partial charge in [0, 0.05) is 44.2 Å². The predicted molar refractivity (Wildman–Crippen MR) is 181 cm³/mol. The van der Waals surface area contributed by atoms with Crippen molar-refractivity contribution in [3.8, 4) is 5.75 Å². The van der Waals surface area contributed by atoms with Gasteiger partial charge in [-0.2, -0.15) is 0 Å². The summed E-state index contributed by atoms with van der Waals surface area (Å²) in [5.41, 5.74) is 3.43. The SMILES string of the molecule is CCC.CCC(C)C(=O)CN(C)C1=C(CC(=O)N2CC(C)OC(C)C2)CCC1.CCCC(CCC)Oc1cc(F)ccc1C. The molecule has 1 aromatic carbocycles. The van der Waals surface area contributed by atoms with Gasteiger partial charge in [-0.15, -0.1) is 0 Å². The molecule has 1 saturated heterocycles. The van der Waals surface area contributed by atoms with Gasteiger partial charge in [0.15, 0.2) is 5.78 Å². The average molecular weight is 619 g/mol. The highest BCUT2D eigenvalue weighted by Crippen LogP contribution is 2.31. The second kappa shape index (κ2) is 21.3. The molecule has 0 bridgehead atoms. The Kier molecular flexibility index (Phi) is 19.2. The lowest BCUT2D eigenvalue weighted by Crippen LogP contribution is -2.48. The molecule has 252 valence electrons. The van der Waals surface area contributed by atoms with E-state index in [9.17, 15) is 14.0 Å². The predicted octanol–water partition coefficient (Wildman–Crippen LogP) is 8.90. The molecule has 6 nitrogen and oxygen atoms in total. The summed E-state index contributed by atoms with van der Waals surface area (Å²) in [5, 5.41) is 0. The molecule has 0 saturated carbocycles. The summed E-state index contributed by atoms with van der Waals surface area (Å²) in [6.45, 7) is 20.4. The molecule has 0 aromatic heterocycles. The van der Waals surface area contributed by atoms with E-state index in [0.717, 1.165) is 56.9 Å². The number of carbonyl (C=O) groups is 2. The zero-order valence-electron chi connectivity index (χ0n) is 29.6. The van der Waals surface area contributed by atoms with E-state index in [2.05, 4.69) is 32.6 Å². The van der Waals surface area contributed by atoms with Crippen molar-refractivity contribution in [3.63, 3.8) is 0 Å². The van der Waals surface area contributed by atoms with E-state index in [4.69, 9.17) is 9.47 Å². The zero-order valence-corrected chi connectivity index (χ0v) is 29.6. The number of morpholine rings is 1. The maximum atomic E-state index is 13.1. The fraction of sp³-hybridized carbons (Fsp3) is 0.730. The third-order valence-electron chi connectivity index (χ3n) is 8.12. The Labute approximate surface area is 268 Å². The standard InChI is InChI=1S/C20H34N2O3.C14H21FO.C3H8/c1-6-14(2)19(23)13-21(5)18-9-7-8-17(18)10-20(24)22-11-15(3)25-16(4)12-22;1-4-6-13(7-5-2)16-14-10-12(15)9-8-11(14)3;1-3-2/h14-16H,6-13H2,1-5H3;8-10,13H,4-7H2,1-3H3;3H2,1-2H3. The number of aryl methyl sites for hydroxylation is 1. The molecule has 1 aliphatic heterocycles. The van der Waals surface area contributed by atoms with Crippen molar-refractivity contribution >= 4 is 11.7 Å². The first-order chi connectivity index (χ1) is 20.9. The van der Waals surface area contributed by atoms with Crippen LogP contribution in [0, 0.1) is 18.7 Å². The maximum Gasteiger partial charge on any atom is 0.226 e. The molecule has 3 rings (SSSR count). The fourth-order valence-corrected chi connectivity index (χ4v) is 5.62. The van der Waals surface area contributed by atoms with Gasteiger partial charge < -0.3 is 19.3 Å². The summed E-state index contributed by atoms with van der Waals surface area (Å²) >= 11 is 0. The number of nitrogens with zero attached hydrogens (tertiary/aromatic N) is 2. The molecule has 0 spiro atoms. The Morgan fingerprint density at radius 1 is 1.05 bits per heavy atom. The Balaban J connectivity index is 0.000000437. The quantitative estimate of drug-likeness (QED) is 0.221. The van der Waals surface area contributed by atoms with Crippen molar-refractivity contribution in [2.75, 3.05) is 26.7 Å². The lowest BCUT2D eigenvalue weighted by molar-refractivity contribution is -0.142. The molecule has 1 heterocycles. The summed E-state index contributed by atoms with van der Waals surface area (Å²) in [5.74, 6) is 1.04. The normalized spacial score (nSPS) is 18.7. The highest BCUT2D eigenvalue weighted by atomic mass is 19.1. The summed E-state index contributed by atoms with van der Waals surface area (Å²) in [6, 6.07) is 4.71. The van der Waals surface area contributed by atoms with Gasteiger partial charge >= 0.3 is 0 Å². The molecule has 1 fully saturated rings. The average Bonchev–Trinajstić information content (AvgIpc) is 3.43. The summed E-state index contributed by atoms with van der Waals surface area (Å²) in [7, 11) is 1.99. The molecule has 3 unspecified atom stereocenters. The first kappa shape index (κ1) is 39.6. The van der Waals surface area contributed by atoms with Crippen molar-refractivity contribution in [1.29, 1.82) is 0 Å². The Bertz CT molecular complexity index is 1010. The minimum Gasteiger partial charge on any atom is -0.490 e. The monoisotopic (exact) mass is 618 g/mol. The summed E-state index contributed by atoms with van der Waals surface area (Å²) in [4.78, 5) is 29.0. The number of ketones is 1. The van der Waals surface area contributed by atoms with Gasteiger partial charge in [-0.25, -0.2) is 4.39 Å². The maximum absolute atomic E-state index is 13.1. The molecule has 2 aliphatic rings. The van der Waals surface area contributed by atoms with Crippen LogP contribution in [0.1, 0.15) is 125 Å². The van der Waals surface area contributed by atoms with Crippen molar-refractivity contribution in [1.82, 2.24) is 9.80 Å². The van der Waals surface area contributed by atoms with E-state index in [0.29, 0.717) is 31.8 Å². The Morgan fingerprint density at radius 3 is 2.18 bits per heavy atom. The van der Waals surface area contributed by atoms with Crippen LogP contribution >= 0.6 is 0 Å². The van der Waals surface area contributed by atoms with Gasteiger partial charge in [-0.1, -0.05) is 66.9 Å². The molecular formula is C37H63FN2O4. The van der Waals surface area contributed by atoms with Gasteiger partial charge in [0.25, 0.3) is 0 Å².